The number of carbonyl (C=O) groups is 2. The van der Waals surface area contributed by atoms with Gasteiger partial charge in [0.2, 0.25) is 11.8 Å². The zero-order chi connectivity index (χ0) is 17.8. The number of rotatable bonds is 4. The predicted octanol–water partition coefficient (Wildman–Crippen LogP) is 0.209. The van der Waals surface area contributed by atoms with E-state index in [1.165, 1.54) is 6.07 Å². The molecule has 0 aromatic carbocycles. The van der Waals surface area contributed by atoms with E-state index in [0.717, 1.165) is 12.8 Å². The molecule has 136 valence electrons. The highest BCUT2D eigenvalue weighted by Crippen LogP contribution is 2.18. The summed E-state index contributed by atoms with van der Waals surface area (Å²) in [7, 11) is 0. The number of amides is 2. The Bertz CT molecular complexity index is 641. The van der Waals surface area contributed by atoms with Gasteiger partial charge in [0.25, 0.3) is 0 Å². The third kappa shape index (κ3) is 4.07. The Morgan fingerprint density at radius 3 is 2.80 bits per heavy atom. The summed E-state index contributed by atoms with van der Waals surface area (Å²) >= 11 is 0. The Morgan fingerprint density at radius 1 is 1.24 bits per heavy atom. The number of hydrogen-bond donors (Lipinski definition) is 1. The zero-order valence-corrected chi connectivity index (χ0v) is 14.2. The Kier molecular flexibility index (Phi) is 5.47. The topological polar surface area (TPSA) is 82.8 Å². The van der Waals surface area contributed by atoms with Crippen molar-refractivity contribution in [2.24, 2.45) is 5.73 Å². The lowest BCUT2D eigenvalue weighted by Gasteiger charge is -2.27. The van der Waals surface area contributed by atoms with Crippen molar-refractivity contribution in [1.29, 1.82) is 0 Å². The molecule has 25 heavy (non-hydrogen) atoms. The molecule has 8 heteroatoms. The van der Waals surface area contributed by atoms with E-state index in [4.69, 9.17) is 5.73 Å². The van der Waals surface area contributed by atoms with E-state index in [1.807, 2.05) is 4.90 Å². The van der Waals surface area contributed by atoms with Crippen LogP contribution in [0.25, 0.3) is 0 Å². The van der Waals surface area contributed by atoms with Crippen molar-refractivity contribution in [3.05, 3.63) is 24.1 Å². The summed E-state index contributed by atoms with van der Waals surface area (Å²) in [5.74, 6) is -0.116. The van der Waals surface area contributed by atoms with Gasteiger partial charge in [-0.3, -0.25) is 9.59 Å². The molecule has 2 saturated heterocycles. The van der Waals surface area contributed by atoms with Gasteiger partial charge >= 0.3 is 0 Å². The number of aromatic nitrogens is 1. The van der Waals surface area contributed by atoms with E-state index in [2.05, 4.69) is 4.98 Å². The molecular formula is C17H24FN5O2. The molecule has 0 aliphatic carbocycles. The Hall–Kier alpha value is -2.22. The fourth-order valence-electron chi connectivity index (χ4n) is 3.41. The van der Waals surface area contributed by atoms with Crippen LogP contribution in [0.15, 0.2) is 18.3 Å². The third-order valence-corrected chi connectivity index (χ3v) is 4.75. The second kappa shape index (κ2) is 7.77. The molecule has 2 N–H and O–H groups in total. The van der Waals surface area contributed by atoms with Crippen LogP contribution in [0.4, 0.5) is 10.2 Å². The first-order valence-corrected chi connectivity index (χ1v) is 8.74. The second-order valence-electron chi connectivity index (χ2n) is 6.52. The van der Waals surface area contributed by atoms with Gasteiger partial charge < -0.3 is 20.4 Å². The van der Waals surface area contributed by atoms with E-state index in [-0.39, 0.29) is 24.2 Å². The molecule has 3 heterocycles. The largest absolute Gasteiger partial charge is 0.352 e. The minimum absolute atomic E-state index is 0.0657. The van der Waals surface area contributed by atoms with E-state index in [0.29, 0.717) is 45.0 Å². The van der Waals surface area contributed by atoms with Crippen LogP contribution >= 0.6 is 0 Å². The molecule has 0 bridgehead atoms. The van der Waals surface area contributed by atoms with E-state index in [1.54, 1.807) is 22.1 Å². The second-order valence-corrected chi connectivity index (χ2v) is 6.52. The van der Waals surface area contributed by atoms with E-state index in [9.17, 15) is 14.0 Å². The normalized spacial score (nSPS) is 19.9. The van der Waals surface area contributed by atoms with Gasteiger partial charge in [0.1, 0.15) is 6.04 Å². The van der Waals surface area contributed by atoms with Crippen LogP contribution in [0.3, 0.4) is 0 Å². The highest BCUT2D eigenvalue weighted by atomic mass is 19.1. The van der Waals surface area contributed by atoms with Crippen molar-refractivity contribution in [1.82, 2.24) is 14.8 Å². The molecule has 1 aromatic rings. The van der Waals surface area contributed by atoms with Crippen molar-refractivity contribution in [2.45, 2.75) is 25.3 Å². The third-order valence-electron chi connectivity index (χ3n) is 4.75. The average Bonchev–Trinajstić information content (AvgIpc) is 2.86. The van der Waals surface area contributed by atoms with Gasteiger partial charge in [-0.2, -0.15) is 0 Å². The number of anilines is 1. The first kappa shape index (κ1) is 17.6. The standard InChI is InChI=1S/C17H24FN5O2/c18-13-4-1-6-20-16(13)21-8-3-9-22(11-10-21)17(25)14(19)12-23-7-2-5-15(23)24/h1,4,6,14H,2-3,5,7-12,19H2/t14-/m0/s1. The molecule has 0 spiro atoms. The molecule has 2 amide bonds. The summed E-state index contributed by atoms with van der Waals surface area (Å²) in [5.41, 5.74) is 6.04. The highest BCUT2D eigenvalue weighted by Gasteiger charge is 2.29. The number of pyridine rings is 1. The van der Waals surface area contributed by atoms with Crippen LogP contribution in [0.5, 0.6) is 0 Å². The summed E-state index contributed by atoms with van der Waals surface area (Å²) in [4.78, 5) is 33.6. The summed E-state index contributed by atoms with van der Waals surface area (Å²) < 4.78 is 13.9. The van der Waals surface area contributed by atoms with Crippen LogP contribution < -0.4 is 10.6 Å². The van der Waals surface area contributed by atoms with Crippen molar-refractivity contribution < 1.29 is 14.0 Å². The maximum Gasteiger partial charge on any atom is 0.241 e. The SMILES string of the molecule is N[C@@H](CN1CCCC1=O)C(=O)N1CCCN(c2ncccc2F)CC1. The van der Waals surface area contributed by atoms with Crippen molar-refractivity contribution in [3.63, 3.8) is 0 Å². The molecule has 2 aliphatic rings. The molecule has 2 fully saturated rings. The lowest BCUT2D eigenvalue weighted by atomic mass is 10.2. The van der Waals surface area contributed by atoms with E-state index < -0.39 is 6.04 Å². The number of nitrogens with zero attached hydrogens (tertiary/aromatic N) is 4. The maximum absolute atomic E-state index is 13.9. The first-order chi connectivity index (χ1) is 12.1. The first-order valence-electron chi connectivity index (χ1n) is 8.74. The molecule has 2 aliphatic heterocycles. The smallest absolute Gasteiger partial charge is 0.241 e. The summed E-state index contributed by atoms with van der Waals surface area (Å²) in [6.45, 7) is 3.13. The molecule has 7 nitrogen and oxygen atoms in total. The number of likely N-dealkylation sites (tertiary alicyclic amines) is 1. The van der Waals surface area contributed by atoms with Gasteiger partial charge in [0, 0.05) is 51.9 Å². The van der Waals surface area contributed by atoms with Crippen LogP contribution in [0, 0.1) is 5.82 Å². The molecule has 1 aromatic heterocycles. The van der Waals surface area contributed by atoms with Gasteiger partial charge in [-0.05, 0) is 25.0 Å². The van der Waals surface area contributed by atoms with Crippen LogP contribution in [-0.2, 0) is 9.59 Å². The summed E-state index contributed by atoms with van der Waals surface area (Å²) in [5, 5.41) is 0. The van der Waals surface area contributed by atoms with Gasteiger partial charge in [-0.1, -0.05) is 0 Å². The predicted molar refractivity (Wildman–Crippen MR) is 91.4 cm³/mol. The average molecular weight is 349 g/mol. The monoisotopic (exact) mass is 349 g/mol. The number of halogens is 1. The van der Waals surface area contributed by atoms with Crippen molar-refractivity contribution >= 4 is 17.6 Å². The van der Waals surface area contributed by atoms with Crippen LogP contribution in [0.2, 0.25) is 0 Å². The number of hydrogen-bond acceptors (Lipinski definition) is 5. The van der Waals surface area contributed by atoms with Gasteiger partial charge in [-0.15, -0.1) is 0 Å². The fraction of sp³-hybridized carbons (Fsp3) is 0.588. The minimum atomic E-state index is -0.708. The Labute approximate surface area is 146 Å². The minimum Gasteiger partial charge on any atom is -0.352 e. The van der Waals surface area contributed by atoms with Crippen LogP contribution in [0.1, 0.15) is 19.3 Å². The van der Waals surface area contributed by atoms with Gasteiger partial charge in [0.15, 0.2) is 11.6 Å². The van der Waals surface area contributed by atoms with Crippen molar-refractivity contribution in [2.75, 3.05) is 44.2 Å². The lowest BCUT2D eigenvalue weighted by molar-refractivity contribution is -0.134. The summed E-state index contributed by atoms with van der Waals surface area (Å²) in [6, 6.07) is 2.24. The molecule has 3 rings (SSSR count). The van der Waals surface area contributed by atoms with Crippen molar-refractivity contribution in [3.8, 4) is 0 Å². The van der Waals surface area contributed by atoms with Crippen LogP contribution in [-0.4, -0.2) is 71.9 Å². The van der Waals surface area contributed by atoms with Gasteiger partial charge in [0.05, 0.1) is 0 Å². The fourth-order valence-corrected chi connectivity index (χ4v) is 3.41. The quantitative estimate of drug-likeness (QED) is 0.840. The molecular weight excluding hydrogens is 325 g/mol. The molecule has 0 radical (unpaired) electrons. The highest BCUT2D eigenvalue weighted by molar-refractivity contribution is 5.84. The Balaban J connectivity index is 1.57. The van der Waals surface area contributed by atoms with Gasteiger partial charge in [-0.25, -0.2) is 9.37 Å². The number of nitrogens with two attached hydrogens (primary N) is 1. The summed E-state index contributed by atoms with van der Waals surface area (Å²) in [6.07, 6.45) is 3.65. The van der Waals surface area contributed by atoms with E-state index >= 15 is 0 Å². The lowest BCUT2D eigenvalue weighted by Crippen LogP contribution is -2.50. The maximum atomic E-state index is 13.9. The molecule has 0 unspecified atom stereocenters. The Morgan fingerprint density at radius 2 is 2.08 bits per heavy atom. The molecule has 1 atom stereocenters. The molecule has 0 saturated carbocycles. The number of carbonyl (C=O) groups excluding carboxylic acids is 2. The zero-order valence-electron chi connectivity index (χ0n) is 14.2.